The summed E-state index contributed by atoms with van der Waals surface area (Å²) in [7, 11) is 0. The maximum atomic E-state index is 12.8. The van der Waals surface area contributed by atoms with E-state index < -0.39 is 17.0 Å². The molecule has 0 saturated heterocycles. The Kier molecular flexibility index (Phi) is 5.45. The van der Waals surface area contributed by atoms with Crippen molar-refractivity contribution in [3.63, 3.8) is 0 Å². The lowest BCUT2D eigenvalue weighted by molar-refractivity contribution is -0.131. The fourth-order valence-corrected chi connectivity index (χ4v) is 2.01. The van der Waals surface area contributed by atoms with E-state index in [-0.39, 0.29) is 11.6 Å². The Balaban J connectivity index is 3.00. The number of aromatic amines is 1. The average Bonchev–Trinajstić information content (AvgIpc) is 2.89. The van der Waals surface area contributed by atoms with Gasteiger partial charge in [0.25, 0.3) is 0 Å². The summed E-state index contributed by atoms with van der Waals surface area (Å²) in [6.07, 6.45) is 4.56. The molecule has 0 bridgehead atoms. The van der Waals surface area contributed by atoms with Gasteiger partial charge < -0.3 is 4.98 Å². The van der Waals surface area contributed by atoms with Crippen molar-refractivity contribution < 1.29 is 9.59 Å². The summed E-state index contributed by atoms with van der Waals surface area (Å²) in [5.41, 5.74) is -0.276. The van der Waals surface area contributed by atoms with Crippen molar-refractivity contribution in [1.82, 2.24) is 15.3 Å². The quantitative estimate of drug-likeness (QED) is 0.771. The van der Waals surface area contributed by atoms with Crippen molar-refractivity contribution >= 4 is 11.6 Å². The average molecular weight is 293 g/mol. The third-order valence-corrected chi connectivity index (χ3v) is 4.26. The van der Waals surface area contributed by atoms with Gasteiger partial charge in [-0.05, 0) is 27.2 Å². The van der Waals surface area contributed by atoms with Gasteiger partial charge in [-0.1, -0.05) is 20.8 Å². The zero-order chi connectivity index (χ0) is 16.3. The van der Waals surface area contributed by atoms with Crippen molar-refractivity contribution in [2.75, 3.05) is 0 Å². The Bertz CT molecular complexity index is 490. The zero-order valence-electron chi connectivity index (χ0n) is 13.9. The Morgan fingerprint density at radius 2 is 1.95 bits per heavy atom. The van der Waals surface area contributed by atoms with E-state index in [1.54, 1.807) is 12.5 Å². The minimum atomic E-state index is -0.732. The Labute approximate surface area is 126 Å². The van der Waals surface area contributed by atoms with Gasteiger partial charge in [-0.15, -0.1) is 0 Å². The fourth-order valence-electron chi connectivity index (χ4n) is 2.01. The second-order valence-corrected chi connectivity index (χ2v) is 6.76. The molecule has 1 aromatic rings. The first-order valence-corrected chi connectivity index (χ1v) is 7.40. The van der Waals surface area contributed by atoms with Gasteiger partial charge in [0.05, 0.1) is 17.9 Å². The summed E-state index contributed by atoms with van der Waals surface area (Å²) in [6, 6.07) is -0.417. The molecule has 0 saturated carbocycles. The molecule has 1 aromatic heterocycles. The third-order valence-electron chi connectivity index (χ3n) is 4.26. The number of nitrogens with zero attached hydrogens (tertiary/aromatic N) is 1. The van der Waals surface area contributed by atoms with Gasteiger partial charge in [0.2, 0.25) is 0 Å². The second-order valence-electron chi connectivity index (χ2n) is 6.76. The van der Waals surface area contributed by atoms with Crippen LogP contribution in [0.3, 0.4) is 0 Å². The smallest absolute Gasteiger partial charge is 0.155 e. The number of ketones is 2. The number of imidazole rings is 1. The molecule has 1 heterocycles. The lowest BCUT2D eigenvalue weighted by Gasteiger charge is -2.33. The van der Waals surface area contributed by atoms with Crippen LogP contribution >= 0.6 is 0 Å². The number of carbonyl (C=O) groups excluding carboxylic acids is 2. The van der Waals surface area contributed by atoms with E-state index >= 15 is 0 Å². The number of carbonyl (C=O) groups is 2. The molecule has 5 heteroatoms. The monoisotopic (exact) mass is 293 g/mol. The summed E-state index contributed by atoms with van der Waals surface area (Å²) < 4.78 is 0. The summed E-state index contributed by atoms with van der Waals surface area (Å²) in [5, 5.41) is 3.22. The molecule has 0 radical (unpaired) electrons. The van der Waals surface area contributed by atoms with Crippen LogP contribution < -0.4 is 5.32 Å². The van der Waals surface area contributed by atoms with Crippen LogP contribution in [0.2, 0.25) is 0 Å². The molecule has 0 aromatic carbocycles. The number of hydrogen-bond donors (Lipinski definition) is 2. The van der Waals surface area contributed by atoms with Crippen LogP contribution in [-0.4, -0.2) is 33.1 Å². The van der Waals surface area contributed by atoms with Gasteiger partial charge in [-0.25, -0.2) is 4.98 Å². The van der Waals surface area contributed by atoms with E-state index in [0.717, 1.165) is 12.1 Å². The van der Waals surface area contributed by atoms with Gasteiger partial charge in [-0.3, -0.25) is 14.9 Å². The van der Waals surface area contributed by atoms with E-state index in [1.807, 2.05) is 34.6 Å². The van der Waals surface area contributed by atoms with E-state index in [0.29, 0.717) is 6.42 Å². The first-order valence-electron chi connectivity index (χ1n) is 7.40. The van der Waals surface area contributed by atoms with Crippen LogP contribution in [0.5, 0.6) is 0 Å². The molecule has 0 aliphatic carbocycles. The molecule has 1 atom stereocenters. The van der Waals surface area contributed by atoms with Crippen molar-refractivity contribution in [2.45, 2.75) is 66.0 Å². The minimum absolute atomic E-state index is 0.0132. The first-order chi connectivity index (χ1) is 9.60. The number of hydrogen-bond acceptors (Lipinski definition) is 4. The fraction of sp³-hybridized carbons (Fsp3) is 0.688. The Hall–Kier alpha value is -1.49. The number of aromatic nitrogens is 2. The second kappa shape index (κ2) is 6.52. The van der Waals surface area contributed by atoms with Crippen molar-refractivity contribution in [3.05, 3.63) is 18.2 Å². The number of H-pyrrole nitrogens is 1. The largest absolute Gasteiger partial charge is 0.348 e. The van der Waals surface area contributed by atoms with Crippen LogP contribution in [0.15, 0.2) is 12.5 Å². The molecule has 118 valence electrons. The summed E-state index contributed by atoms with van der Waals surface area (Å²) in [5.74, 6) is 0.133. The SMILES string of the molecule is CCC(C)(C)C(=O)C(Cc1cnc[nH]1)NC(C)(C)C(C)=O. The van der Waals surface area contributed by atoms with Crippen LogP contribution in [0.25, 0.3) is 0 Å². The zero-order valence-corrected chi connectivity index (χ0v) is 13.9. The Morgan fingerprint density at radius 1 is 1.33 bits per heavy atom. The van der Waals surface area contributed by atoms with Crippen LogP contribution in [0, 0.1) is 5.41 Å². The highest BCUT2D eigenvalue weighted by Gasteiger charge is 2.36. The van der Waals surface area contributed by atoms with Gasteiger partial charge in [0, 0.05) is 23.7 Å². The predicted molar refractivity (Wildman–Crippen MR) is 83.1 cm³/mol. The molecule has 0 spiro atoms. The predicted octanol–water partition coefficient (Wildman–Crippen LogP) is 2.28. The molecule has 5 nitrogen and oxygen atoms in total. The molecular formula is C16H27N3O2. The molecule has 0 aliphatic heterocycles. The highest BCUT2D eigenvalue weighted by molar-refractivity contribution is 5.91. The summed E-state index contributed by atoms with van der Waals surface area (Å²) in [4.78, 5) is 31.6. The van der Waals surface area contributed by atoms with Crippen molar-refractivity contribution in [1.29, 1.82) is 0 Å². The van der Waals surface area contributed by atoms with Crippen molar-refractivity contribution in [3.8, 4) is 0 Å². The minimum Gasteiger partial charge on any atom is -0.348 e. The maximum absolute atomic E-state index is 12.8. The third kappa shape index (κ3) is 4.49. The molecule has 0 amide bonds. The summed E-state index contributed by atoms with van der Waals surface area (Å²) in [6.45, 7) is 11.0. The molecule has 0 fully saturated rings. The number of rotatable bonds is 8. The lowest BCUT2D eigenvalue weighted by atomic mass is 9.80. The van der Waals surface area contributed by atoms with Gasteiger partial charge in [0.1, 0.15) is 5.78 Å². The molecule has 1 unspecified atom stereocenters. The van der Waals surface area contributed by atoms with E-state index in [4.69, 9.17) is 0 Å². The number of nitrogens with one attached hydrogen (secondary N) is 2. The number of Topliss-reactive ketones (excluding diaryl/α,β-unsaturated/α-hetero) is 2. The van der Waals surface area contributed by atoms with E-state index in [9.17, 15) is 9.59 Å². The molecule has 2 N–H and O–H groups in total. The molecule has 21 heavy (non-hydrogen) atoms. The molecule has 1 rings (SSSR count). The van der Waals surface area contributed by atoms with Gasteiger partial charge >= 0.3 is 0 Å². The van der Waals surface area contributed by atoms with Crippen molar-refractivity contribution in [2.24, 2.45) is 5.41 Å². The van der Waals surface area contributed by atoms with E-state index in [2.05, 4.69) is 15.3 Å². The normalized spacial score (nSPS) is 14.0. The van der Waals surface area contributed by atoms with Crippen LogP contribution in [0.1, 0.15) is 53.7 Å². The summed E-state index contributed by atoms with van der Waals surface area (Å²) >= 11 is 0. The highest BCUT2D eigenvalue weighted by atomic mass is 16.1. The Morgan fingerprint density at radius 3 is 2.38 bits per heavy atom. The lowest BCUT2D eigenvalue weighted by Crippen LogP contribution is -2.56. The van der Waals surface area contributed by atoms with Crippen LogP contribution in [0.4, 0.5) is 0 Å². The highest BCUT2D eigenvalue weighted by Crippen LogP contribution is 2.25. The molecule has 0 aliphatic rings. The topological polar surface area (TPSA) is 74.8 Å². The maximum Gasteiger partial charge on any atom is 0.155 e. The van der Waals surface area contributed by atoms with Crippen LogP contribution in [-0.2, 0) is 16.0 Å². The standard InChI is InChI=1S/C16H27N3O2/c1-7-15(3,4)14(21)13(8-12-9-17-10-18-12)19-16(5,6)11(2)20/h9-10,13,19H,7-8H2,1-6H3,(H,17,18). The first kappa shape index (κ1) is 17.6. The van der Waals surface area contributed by atoms with Gasteiger partial charge in [-0.2, -0.15) is 0 Å². The van der Waals surface area contributed by atoms with E-state index in [1.165, 1.54) is 6.92 Å². The van der Waals surface area contributed by atoms with Gasteiger partial charge in [0.15, 0.2) is 5.78 Å². The molecular weight excluding hydrogens is 266 g/mol.